The molecule has 0 N–H and O–H groups in total. The smallest absolute Gasteiger partial charge is 0.0546 e. The summed E-state index contributed by atoms with van der Waals surface area (Å²) < 4.78 is 2.44. The number of hydrogen-bond acceptors (Lipinski definition) is 1. The fraction of sp³-hybridized carbons (Fsp3) is 0. The van der Waals surface area contributed by atoms with Gasteiger partial charge in [0.2, 0.25) is 0 Å². The van der Waals surface area contributed by atoms with Crippen molar-refractivity contribution in [3.8, 4) is 61.3 Å². The maximum Gasteiger partial charge on any atom is 0.0546 e. The van der Waals surface area contributed by atoms with Crippen LogP contribution in [0.25, 0.3) is 93.9 Å². The average molecular weight is 841 g/mol. The van der Waals surface area contributed by atoms with Crippen LogP contribution >= 0.6 is 0 Å². The van der Waals surface area contributed by atoms with Gasteiger partial charge in [-0.2, -0.15) is 0 Å². The minimum atomic E-state index is 1.08. The van der Waals surface area contributed by atoms with E-state index in [1.807, 2.05) is 0 Å². The third kappa shape index (κ3) is 7.02. The molecule has 0 radical (unpaired) electrons. The molecule has 0 unspecified atom stereocenters. The second-order valence-electron chi connectivity index (χ2n) is 16.9. The van der Waals surface area contributed by atoms with Gasteiger partial charge in [0, 0.05) is 33.4 Å². The third-order valence-corrected chi connectivity index (χ3v) is 13.0. The Balaban J connectivity index is 0.997. The Labute approximate surface area is 385 Å². The number of aromatic nitrogens is 1. The van der Waals surface area contributed by atoms with Crippen molar-refractivity contribution < 1.29 is 0 Å². The first-order valence-corrected chi connectivity index (χ1v) is 22.7. The van der Waals surface area contributed by atoms with Crippen LogP contribution in [0.5, 0.6) is 0 Å². The number of rotatable bonds is 9. The zero-order valence-corrected chi connectivity index (χ0v) is 36.3. The summed E-state index contributed by atoms with van der Waals surface area (Å²) in [6, 6.07) is 96.9. The molecule has 0 spiro atoms. The Morgan fingerprint density at radius 2 is 0.682 bits per heavy atom. The Bertz CT molecular complexity index is 3590. The summed E-state index contributed by atoms with van der Waals surface area (Å²) in [7, 11) is 0. The van der Waals surface area contributed by atoms with Gasteiger partial charge in [-0.25, -0.2) is 0 Å². The molecule has 1 heterocycles. The molecule has 0 saturated carbocycles. The number of fused-ring (bicyclic) bond motifs is 4. The molecule has 0 aliphatic heterocycles. The van der Waals surface area contributed by atoms with Crippen molar-refractivity contribution in [2.75, 3.05) is 4.90 Å². The molecule has 0 fully saturated rings. The van der Waals surface area contributed by atoms with Crippen LogP contribution in [0.15, 0.2) is 267 Å². The van der Waals surface area contributed by atoms with Crippen molar-refractivity contribution in [3.63, 3.8) is 0 Å². The predicted octanol–water partition coefficient (Wildman–Crippen LogP) is 17.7. The van der Waals surface area contributed by atoms with Crippen LogP contribution < -0.4 is 4.90 Å². The lowest BCUT2D eigenvalue weighted by Gasteiger charge is -2.27. The molecular formula is C64H44N2. The standard InChI is InChI=1S/C64H44N2/c1-4-17-45(18-5-1)46-31-33-47(34-32-46)48-35-39-53(40-36-48)65(55-43-52-23-10-11-24-56(52)60(44-55)49-19-6-2-7-20-49)54-41-37-50(38-42-54)57-27-16-30-63(64(57)51-21-8-3-9-22-51)66-61-28-14-12-25-58(61)59-26-13-15-29-62(59)66/h1-44H. The van der Waals surface area contributed by atoms with Gasteiger partial charge in [-0.1, -0.05) is 212 Å². The summed E-state index contributed by atoms with van der Waals surface area (Å²) >= 11 is 0. The largest absolute Gasteiger partial charge is 0.310 e. The van der Waals surface area contributed by atoms with Gasteiger partial charge in [-0.3, -0.25) is 0 Å². The minimum absolute atomic E-state index is 1.08. The molecule has 0 atom stereocenters. The Morgan fingerprint density at radius 1 is 0.258 bits per heavy atom. The number of para-hydroxylation sites is 2. The highest BCUT2D eigenvalue weighted by molar-refractivity contribution is 6.10. The highest BCUT2D eigenvalue weighted by Crippen LogP contribution is 2.44. The molecule has 12 aromatic rings. The van der Waals surface area contributed by atoms with Gasteiger partial charge in [-0.15, -0.1) is 0 Å². The maximum atomic E-state index is 2.44. The molecule has 0 amide bonds. The molecular weight excluding hydrogens is 797 g/mol. The van der Waals surface area contributed by atoms with Gasteiger partial charge in [0.05, 0.1) is 16.7 Å². The van der Waals surface area contributed by atoms with Crippen molar-refractivity contribution >= 4 is 49.6 Å². The zero-order valence-electron chi connectivity index (χ0n) is 36.3. The van der Waals surface area contributed by atoms with Crippen LogP contribution in [-0.2, 0) is 0 Å². The van der Waals surface area contributed by atoms with E-state index in [0.29, 0.717) is 0 Å². The van der Waals surface area contributed by atoms with E-state index in [9.17, 15) is 0 Å². The van der Waals surface area contributed by atoms with Gasteiger partial charge in [0.1, 0.15) is 0 Å². The summed E-state index contributed by atoms with van der Waals surface area (Å²) in [6.45, 7) is 0. The normalized spacial score (nSPS) is 11.3. The van der Waals surface area contributed by atoms with Crippen LogP contribution in [0.1, 0.15) is 0 Å². The molecule has 2 nitrogen and oxygen atoms in total. The maximum absolute atomic E-state index is 2.44. The Kier molecular flexibility index (Phi) is 9.89. The fourth-order valence-corrected chi connectivity index (χ4v) is 9.86. The second-order valence-corrected chi connectivity index (χ2v) is 16.9. The van der Waals surface area contributed by atoms with Crippen LogP contribution in [0.2, 0.25) is 0 Å². The van der Waals surface area contributed by atoms with E-state index in [4.69, 9.17) is 0 Å². The Morgan fingerprint density at radius 3 is 1.26 bits per heavy atom. The molecule has 1 aromatic heterocycles. The van der Waals surface area contributed by atoms with Crippen LogP contribution in [0.4, 0.5) is 17.1 Å². The highest BCUT2D eigenvalue weighted by Gasteiger charge is 2.21. The van der Waals surface area contributed by atoms with E-state index in [-0.39, 0.29) is 0 Å². The van der Waals surface area contributed by atoms with E-state index in [2.05, 4.69) is 276 Å². The van der Waals surface area contributed by atoms with E-state index in [1.54, 1.807) is 0 Å². The number of anilines is 3. The van der Waals surface area contributed by atoms with Gasteiger partial charge in [-0.05, 0) is 115 Å². The lowest BCUT2D eigenvalue weighted by Crippen LogP contribution is -2.10. The molecule has 0 bridgehead atoms. The van der Waals surface area contributed by atoms with Crippen molar-refractivity contribution in [1.82, 2.24) is 4.57 Å². The highest BCUT2D eigenvalue weighted by atomic mass is 15.1. The van der Waals surface area contributed by atoms with E-state index in [0.717, 1.165) is 28.3 Å². The van der Waals surface area contributed by atoms with Crippen LogP contribution in [-0.4, -0.2) is 4.57 Å². The average Bonchev–Trinajstić information content (AvgIpc) is 3.74. The predicted molar refractivity (Wildman–Crippen MR) is 280 cm³/mol. The first kappa shape index (κ1) is 38.9. The summed E-state index contributed by atoms with van der Waals surface area (Å²) in [5.41, 5.74) is 18.7. The molecule has 11 aromatic carbocycles. The lowest BCUT2D eigenvalue weighted by atomic mass is 9.92. The molecule has 0 aliphatic carbocycles. The lowest BCUT2D eigenvalue weighted by molar-refractivity contribution is 1.18. The molecule has 310 valence electrons. The topological polar surface area (TPSA) is 8.17 Å². The summed E-state index contributed by atoms with van der Waals surface area (Å²) in [6.07, 6.45) is 0. The van der Waals surface area contributed by atoms with E-state index < -0.39 is 0 Å². The van der Waals surface area contributed by atoms with Gasteiger partial charge in [0.15, 0.2) is 0 Å². The number of nitrogens with zero attached hydrogens (tertiary/aromatic N) is 2. The van der Waals surface area contributed by atoms with Crippen molar-refractivity contribution in [3.05, 3.63) is 267 Å². The first-order valence-electron chi connectivity index (χ1n) is 22.7. The SMILES string of the molecule is c1ccc(-c2ccc(-c3ccc(N(c4ccc(-c5cccc(-n6c7ccccc7c7ccccc76)c5-c5ccccc5)cc4)c4cc(-c5ccccc5)c5ccccc5c4)cc3)cc2)cc1. The quantitative estimate of drug-likeness (QED) is 0.141. The summed E-state index contributed by atoms with van der Waals surface area (Å²) in [4.78, 5) is 2.40. The van der Waals surface area contributed by atoms with Crippen molar-refractivity contribution in [2.45, 2.75) is 0 Å². The molecule has 0 saturated heterocycles. The number of benzene rings is 11. The monoisotopic (exact) mass is 840 g/mol. The molecule has 66 heavy (non-hydrogen) atoms. The Hall–Kier alpha value is -8.72. The zero-order chi connectivity index (χ0) is 43.8. The van der Waals surface area contributed by atoms with Crippen LogP contribution in [0.3, 0.4) is 0 Å². The summed E-state index contributed by atoms with van der Waals surface area (Å²) in [5.74, 6) is 0. The number of hydrogen-bond donors (Lipinski definition) is 0. The summed E-state index contributed by atoms with van der Waals surface area (Å²) in [5, 5.41) is 4.92. The molecule has 0 aliphatic rings. The van der Waals surface area contributed by atoms with Crippen molar-refractivity contribution in [2.24, 2.45) is 0 Å². The van der Waals surface area contributed by atoms with E-state index >= 15 is 0 Å². The molecule has 12 rings (SSSR count). The van der Waals surface area contributed by atoms with Gasteiger partial charge < -0.3 is 9.47 Å². The van der Waals surface area contributed by atoms with Crippen molar-refractivity contribution in [1.29, 1.82) is 0 Å². The second kappa shape index (κ2) is 16.8. The fourth-order valence-electron chi connectivity index (χ4n) is 9.86. The third-order valence-electron chi connectivity index (χ3n) is 13.0. The first-order chi connectivity index (χ1) is 32.7. The minimum Gasteiger partial charge on any atom is -0.310 e. The molecule has 2 heteroatoms. The van der Waals surface area contributed by atoms with Gasteiger partial charge >= 0.3 is 0 Å². The van der Waals surface area contributed by atoms with Crippen LogP contribution in [0, 0.1) is 0 Å². The van der Waals surface area contributed by atoms with E-state index in [1.165, 1.54) is 82.6 Å². The van der Waals surface area contributed by atoms with Gasteiger partial charge in [0.25, 0.3) is 0 Å².